The molecule has 1 aromatic heterocycles. The molecule has 6 heteroatoms. The summed E-state index contributed by atoms with van der Waals surface area (Å²) in [6.45, 7) is 3.63. The van der Waals surface area contributed by atoms with E-state index in [4.69, 9.17) is 9.47 Å². The van der Waals surface area contributed by atoms with Crippen LogP contribution >= 0.6 is 0 Å². The fourth-order valence-electron chi connectivity index (χ4n) is 1.54. The molecule has 0 spiro atoms. The van der Waals surface area contributed by atoms with Crippen molar-refractivity contribution < 1.29 is 22.6 Å². The summed E-state index contributed by atoms with van der Waals surface area (Å²) >= 11 is 0. The van der Waals surface area contributed by atoms with Gasteiger partial charge >= 0.3 is 6.18 Å². The highest BCUT2D eigenvalue weighted by atomic mass is 19.4. The van der Waals surface area contributed by atoms with E-state index in [-0.39, 0.29) is 30.6 Å². The molecule has 0 amide bonds. The smallest absolute Gasteiger partial charge is 0.421 e. The minimum absolute atomic E-state index is 0.00239. The van der Waals surface area contributed by atoms with Crippen molar-refractivity contribution in [2.24, 2.45) is 0 Å². The summed E-state index contributed by atoms with van der Waals surface area (Å²) < 4.78 is 48.9. The fraction of sp³-hybridized carbons (Fsp3) is 0.583. The van der Waals surface area contributed by atoms with Gasteiger partial charge in [-0.3, -0.25) is 4.98 Å². The third kappa shape index (κ3) is 3.60. The Bertz CT molecular complexity index is 391. The predicted molar refractivity (Wildman–Crippen MR) is 60.7 cm³/mol. The second-order valence-corrected chi connectivity index (χ2v) is 4.06. The maximum atomic E-state index is 13.0. The van der Waals surface area contributed by atoms with Crippen LogP contribution < -0.4 is 4.74 Å². The lowest BCUT2D eigenvalue weighted by atomic mass is 10.0. The van der Waals surface area contributed by atoms with E-state index < -0.39 is 11.7 Å². The molecule has 0 fully saturated rings. The van der Waals surface area contributed by atoms with Gasteiger partial charge < -0.3 is 9.47 Å². The molecule has 1 heterocycles. The number of methoxy groups -OCH3 is 1. The number of rotatable bonds is 5. The summed E-state index contributed by atoms with van der Waals surface area (Å²) in [5, 5.41) is 0. The fourth-order valence-corrected chi connectivity index (χ4v) is 1.54. The Labute approximate surface area is 104 Å². The molecule has 0 radical (unpaired) electrons. The summed E-state index contributed by atoms with van der Waals surface area (Å²) in [5.74, 6) is -0.522. The average Bonchev–Trinajstić information content (AvgIpc) is 2.27. The molecule has 18 heavy (non-hydrogen) atoms. The molecule has 0 saturated heterocycles. The zero-order valence-electron chi connectivity index (χ0n) is 10.5. The van der Waals surface area contributed by atoms with Gasteiger partial charge in [0.25, 0.3) is 0 Å². The number of nitrogens with zero attached hydrogens (tertiary/aromatic N) is 1. The SMILES string of the molecule is COCCOc1ccnc(C(C)C)c1C(F)(F)F. The molecule has 102 valence electrons. The molecule has 0 atom stereocenters. The zero-order valence-corrected chi connectivity index (χ0v) is 10.5. The van der Waals surface area contributed by atoms with Crippen LogP contribution in [-0.2, 0) is 10.9 Å². The van der Waals surface area contributed by atoms with Crippen LogP contribution in [0.4, 0.5) is 13.2 Å². The summed E-state index contributed by atoms with van der Waals surface area (Å²) in [7, 11) is 1.46. The molecule has 1 aromatic rings. The van der Waals surface area contributed by atoms with E-state index in [1.807, 2.05) is 0 Å². The lowest BCUT2D eigenvalue weighted by Gasteiger charge is -2.18. The Hall–Kier alpha value is -1.30. The number of alkyl halides is 3. The largest absolute Gasteiger partial charge is 0.490 e. The second-order valence-electron chi connectivity index (χ2n) is 4.06. The van der Waals surface area contributed by atoms with E-state index >= 15 is 0 Å². The molecule has 0 bridgehead atoms. The van der Waals surface area contributed by atoms with E-state index in [9.17, 15) is 13.2 Å². The number of aromatic nitrogens is 1. The molecule has 0 aromatic carbocycles. The molecular weight excluding hydrogens is 247 g/mol. The molecule has 0 aliphatic rings. The van der Waals surface area contributed by atoms with Crippen molar-refractivity contribution in [3.05, 3.63) is 23.5 Å². The average molecular weight is 263 g/mol. The van der Waals surface area contributed by atoms with Crippen molar-refractivity contribution in [2.75, 3.05) is 20.3 Å². The van der Waals surface area contributed by atoms with Gasteiger partial charge in [0.1, 0.15) is 17.9 Å². The first-order chi connectivity index (χ1) is 8.38. The minimum atomic E-state index is -4.48. The first-order valence-corrected chi connectivity index (χ1v) is 5.55. The maximum absolute atomic E-state index is 13.0. The van der Waals surface area contributed by atoms with Crippen molar-refractivity contribution in [2.45, 2.75) is 25.9 Å². The molecule has 0 aliphatic heterocycles. The van der Waals surface area contributed by atoms with Crippen LogP contribution in [0.15, 0.2) is 12.3 Å². The Morgan fingerprint density at radius 1 is 1.28 bits per heavy atom. The summed E-state index contributed by atoms with van der Waals surface area (Å²) in [6, 6.07) is 1.23. The van der Waals surface area contributed by atoms with E-state index in [2.05, 4.69) is 4.98 Å². The van der Waals surface area contributed by atoms with E-state index in [1.165, 1.54) is 19.4 Å². The molecule has 0 N–H and O–H groups in total. The van der Waals surface area contributed by atoms with Gasteiger partial charge in [-0.05, 0) is 12.0 Å². The van der Waals surface area contributed by atoms with Gasteiger partial charge in [-0.25, -0.2) is 0 Å². The first kappa shape index (κ1) is 14.8. The topological polar surface area (TPSA) is 31.4 Å². The van der Waals surface area contributed by atoms with Crippen LogP contribution in [0.2, 0.25) is 0 Å². The highest BCUT2D eigenvalue weighted by Crippen LogP contribution is 2.40. The molecular formula is C12H16F3NO2. The van der Waals surface area contributed by atoms with Gasteiger partial charge in [0.15, 0.2) is 0 Å². The second kappa shape index (κ2) is 6.04. The van der Waals surface area contributed by atoms with Crippen molar-refractivity contribution >= 4 is 0 Å². The van der Waals surface area contributed by atoms with Gasteiger partial charge in [-0.1, -0.05) is 13.8 Å². The first-order valence-electron chi connectivity index (χ1n) is 5.55. The van der Waals surface area contributed by atoms with Crippen LogP contribution in [0.25, 0.3) is 0 Å². The van der Waals surface area contributed by atoms with Crippen LogP contribution in [-0.4, -0.2) is 25.3 Å². The molecule has 0 saturated carbocycles. The van der Waals surface area contributed by atoms with Crippen molar-refractivity contribution in [3.8, 4) is 5.75 Å². The summed E-state index contributed by atoms with van der Waals surface area (Å²) in [4.78, 5) is 3.80. The van der Waals surface area contributed by atoms with Crippen LogP contribution in [0.3, 0.4) is 0 Å². The van der Waals surface area contributed by atoms with Gasteiger partial charge in [0.05, 0.1) is 12.3 Å². The van der Waals surface area contributed by atoms with Crippen molar-refractivity contribution in [1.82, 2.24) is 4.98 Å². The normalized spacial score (nSPS) is 11.9. The van der Waals surface area contributed by atoms with Crippen LogP contribution in [0.5, 0.6) is 5.75 Å². The predicted octanol–water partition coefficient (Wildman–Crippen LogP) is 3.25. The van der Waals surface area contributed by atoms with Crippen LogP contribution in [0, 0.1) is 0 Å². The van der Waals surface area contributed by atoms with Crippen molar-refractivity contribution in [3.63, 3.8) is 0 Å². The highest BCUT2D eigenvalue weighted by molar-refractivity contribution is 5.39. The molecule has 3 nitrogen and oxygen atoms in total. The van der Waals surface area contributed by atoms with Crippen molar-refractivity contribution in [1.29, 1.82) is 0 Å². The van der Waals surface area contributed by atoms with Gasteiger partial charge in [0, 0.05) is 13.3 Å². The number of hydrogen-bond donors (Lipinski definition) is 0. The number of halogens is 3. The van der Waals surface area contributed by atoms with Gasteiger partial charge in [0.2, 0.25) is 0 Å². The number of ether oxygens (including phenoxy) is 2. The standard InChI is InChI=1S/C12H16F3NO2/c1-8(2)11-10(12(13,14)15)9(4-5-16-11)18-7-6-17-3/h4-5,8H,6-7H2,1-3H3. The summed E-state index contributed by atoms with van der Waals surface area (Å²) in [6.07, 6.45) is -3.15. The molecule has 0 unspecified atom stereocenters. The Balaban J connectivity index is 3.12. The number of hydrogen-bond acceptors (Lipinski definition) is 3. The lowest BCUT2D eigenvalue weighted by molar-refractivity contribution is -0.140. The monoisotopic (exact) mass is 263 g/mol. The number of pyridine rings is 1. The Kier molecular flexibility index (Phi) is 4.95. The van der Waals surface area contributed by atoms with Crippen LogP contribution in [0.1, 0.15) is 31.0 Å². The quantitative estimate of drug-likeness (QED) is 0.764. The molecule has 0 aliphatic carbocycles. The highest BCUT2D eigenvalue weighted by Gasteiger charge is 2.38. The Morgan fingerprint density at radius 2 is 1.94 bits per heavy atom. The minimum Gasteiger partial charge on any atom is -0.490 e. The third-order valence-corrected chi connectivity index (χ3v) is 2.32. The Morgan fingerprint density at radius 3 is 2.44 bits per heavy atom. The van der Waals surface area contributed by atoms with E-state index in [1.54, 1.807) is 13.8 Å². The lowest BCUT2D eigenvalue weighted by Crippen LogP contribution is -2.16. The van der Waals surface area contributed by atoms with Gasteiger partial charge in [-0.2, -0.15) is 13.2 Å². The van der Waals surface area contributed by atoms with Gasteiger partial charge in [-0.15, -0.1) is 0 Å². The van der Waals surface area contributed by atoms with E-state index in [0.29, 0.717) is 0 Å². The zero-order chi connectivity index (χ0) is 13.8. The maximum Gasteiger partial charge on any atom is 0.421 e. The third-order valence-electron chi connectivity index (χ3n) is 2.32. The summed E-state index contributed by atoms with van der Waals surface area (Å²) in [5.41, 5.74) is -0.798. The van der Waals surface area contributed by atoms with E-state index in [0.717, 1.165) is 0 Å². The molecule has 1 rings (SSSR count).